The smallest absolute Gasteiger partial charge is 0.0579 e. The second-order valence-corrected chi connectivity index (χ2v) is 16.3. The van der Waals surface area contributed by atoms with Gasteiger partial charge in [-0.15, -0.1) is 0 Å². The molecule has 0 radical (unpaired) electrons. The first-order valence-corrected chi connectivity index (χ1v) is 20.4. The summed E-state index contributed by atoms with van der Waals surface area (Å²) in [7, 11) is 0. The van der Waals surface area contributed by atoms with Crippen molar-refractivity contribution < 1.29 is 0 Å². The minimum atomic E-state index is 0.286. The molecule has 0 aliphatic heterocycles. The zero-order valence-corrected chi connectivity index (χ0v) is 31.9. The number of fused-ring (bicyclic) bond motifs is 8. The molecular formula is C54H42N2. The molecule has 3 aliphatic rings. The quantitative estimate of drug-likeness (QED) is 0.171. The van der Waals surface area contributed by atoms with Crippen LogP contribution in [-0.2, 0) is 25.7 Å². The van der Waals surface area contributed by atoms with Crippen LogP contribution in [-0.4, -0.2) is 9.13 Å². The highest BCUT2D eigenvalue weighted by Gasteiger charge is 2.33. The largest absolute Gasteiger partial charge is 0.333 e. The Kier molecular flexibility index (Phi) is 6.87. The van der Waals surface area contributed by atoms with Crippen LogP contribution < -0.4 is 0 Å². The lowest BCUT2D eigenvalue weighted by Crippen LogP contribution is -2.17. The maximum Gasteiger partial charge on any atom is 0.0579 e. The Morgan fingerprint density at radius 1 is 0.500 bits per heavy atom. The Labute approximate surface area is 327 Å². The zero-order chi connectivity index (χ0) is 37.1. The molecule has 0 spiro atoms. The molecule has 12 rings (SSSR count). The standard InChI is InChI=1S/C54H42N2/c1-33-13-9-11-19-41(33)35-23-27-49-45(29-35)47-31-37-21-26-44-52-38(22-25-43(51(37)52)53(47)55(49)39-15-5-3-6-16-39)32-48-46-30-36(42-20-12-10-14-34(42)2)24-28-50(46)56(54(44)48)40-17-7-4-8-18-40/h3-17,19-20,23-24,27-32,40H,18,21-22,25-26H2,1-2H3. The number of allylic oxidation sites excluding steroid dienone is 4. The normalized spacial score (nSPS) is 15.7. The van der Waals surface area contributed by atoms with E-state index in [-0.39, 0.29) is 6.04 Å². The van der Waals surface area contributed by atoms with E-state index < -0.39 is 0 Å². The predicted molar refractivity (Wildman–Crippen MR) is 236 cm³/mol. The molecule has 0 fully saturated rings. The molecule has 2 heteroatoms. The first-order chi connectivity index (χ1) is 27.6. The summed E-state index contributed by atoms with van der Waals surface area (Å²) in [5, 5.41) is 5.53. The van der Waals surface area contributed by atoms with Gasteiger partial charge < -0.3 is 9.13 Å². The molecule has 1 unspecified atom stereocenters. The van der Waals surface area contributed by atoms with Crippen LogP contribution in [0.15, 0.2) is 152 Å². The maximum absolute atomic E-state index is 2.70. The van der Waals surface area contributed by atoms with Gasteiger partial charge in [-0.05, 0) is 161 Å². The average Bonchev–Trinajstić information content (AvgIpc) is 3.75. The van der Waals surface area contributed by atoms with Crippen molar-refractivity contribution in [3.63, 3.8) is 0 Å². The molecule has 2 aromatic heterocycles. The van der Waals surface area contributed by atoms with Gasteiger partial charge in [0.15, 0.2) is 0 Å². The Bertz CT molecular complexity index is 3180. The molecule has 0 saturated carbocycles. The van der Waals surface area contributed by atoms with Gasteiger partial charge in [-0.1, -0.05) is 103 Å². The van der Waals surface area contributed by atoms with Crippen LogP contribution in [0.5, 0.6) is 0 Å². The number of hydrogen-bond acceptors (Lipinski definition) is 0. The summed E-state index contributed by atoms with van der Waals surface area (Å²) < 4.78 is 5.27. The van der Waals surface area contributed by atoms with Gasteiger partial charge in [0, 0.05) is 32.7 Å². The fraction of sp³-hybridized carbons (Fsp3) is 0.148. The molecule has 2 heterocycles. The zero-order valence-electron chi connectivity index (χ0n) is 31.9. The van der Waals surface area contributed by atoms with Crippen molar-refractivity contribution in [3.8, 4) is 39.1 Å². The number of aryl methyl sites for hydroxylation is 6. The summed E-state index contributed by atoms with van der Waals surface area (Å²) in [5.74, 6) is 0. The number of benzene rings is 7. The Hall–Kier alpha value is -6.38. The molecule has 1 atom stereocenters. The molecule has 0 amide bonds. The molecule has 3 aliphatic carbocycles. The first kappa shape index (κ1) is 31.9. The lowest BCUT2D eigenvalue weighted by Gasteiger charge is -2.32. The minimum Gasteiger partial charge on any atom is -0.333 e. The fourth-order valence-electron chi connectivity index (χ4n) is 10.8. The summed E-state index contributed by atoms with van der Waals surface area (Å²) in [6.07, 6.45) is 14.4. The lowest BCUT2D eigenvalue weighted by molar-refractivity contribution is 0.645. The van der Waals surface area contributed by atoms with Gasteiger partial charge in [-0.2, -0.15) is 0 Å². The number of para-hydroxylation sites is 1. The summed E-state index contributed by atoms with van der Waals surface area (Å²) in [5.41, 5.74) is 23.6. The highest BCUT2D eigenvalue weighted by Crippen LogP contribution is 2.52. The molecule has 0 saturated heterocycles. The van der Waals surface area contributed by atoms with E-state index in [0.29, 0.717) is 0 Å². The van der Waals surface area contributed by atoms with Crippen molar-refractivity contribution in [2.45, 2.75) is 52.0 Å². The average molecular weight is 719 g/mol. The SMILES string of the molecule is Cc1ccccc1-c1ccc2c(c1)c1cc3c4c(c1n2-c1ccccc1)CCc1cc2c5cc(-c6ccccc6C)ccc5n(C5C=CC=CC5)c2c(c1-4)CC3. The van der Waals surface area contributed by atoms with Crippen LogP contribution in [0.25, 0.3) is 82.7 Å². The van der Waals surface area contributed by atoms with E-state index in [2.05, 4.69) is 175 Å². The molecule has 56 heavy (non-hydrogen) atoms. The van der Waals surface area contributed by atoms with Crippen molar-refractivity contribution in [1.82, 2.24) is 9.13 Å². The van der Waals surface area contributed by atoms with Gasteiger partial charge in [0.1, 0.15) is 0 Å². The van der Waals surface area contributed by atoms with E-state index in [4.69, 9.17) is 0 Å². The van der Waals surface area contributed by atoms with Crippen molar-refractivity contribution in [1.29, 1.82) is 0 Å². The molecule has 2 nitrogen and oxygen atoms in total. The molecular weight excluding hydrogens is 677 g/mol. The topological polar surface area (TPSA) is 9.86 Å². The van der Waals surface area contributed by atoms with Gasteiger partial charge >= 0.3 is 0 Å². The van der Waals surface area contributed by atoms with Crippen molar-refractivity contribution in [2.75, 3.05) is 0 Å². The monoisotopic (exact) mass is 718 g/mol. The van der Waals surface area contributed by atoms with Gasteiger partial charge in [0.05, 0.1) is 22.6 Å². The van der Waals surface area contributed by atoms with E-state index in [0.717, 1.165) is 32.1 Å². The minimum absolute atomic E-state index is 0.286. The highest BCUT2D eigenvalue weighted by molar-refractivity contribution is 6.16. The van der Waals surface area contributed by atoms with Crippen LogP contribution >= 0.6 is 0 Å². The number of hydrogen-bond donors (Lipinski definition) is 0. The van der Waals surface area contributed by atoms with Crippen LogP contribution in [0.2, 0.25) is 0 Å². The van der Waals surface area contributed by atoms with Crippen molar-refractivity contribution in [2.24, 2.45) is 0 Å². The second kappa shape index (κ2) is 12.1. The third kappa shape index (κ3) is 4.50. The van der Waals surface area contributed by atoms with E-state index in [1.165, 1.54) is 110 Å². The van der Waals surface area contributed by atoms with Crippen LogP contribution in [0.3, 0.4) is 0 Å². The summed E-state index contributed by atoms with van der Waals surface area (Å²) in [4.78, 5) is 0. The summed E-state index contributed by atoms with van der Waals surface area (Å²) in [6.45, 7) is 4.46. The van der Waals surface area contributed by atoms with Gasteiger partial charge in [0.25, 0.3) is 0 Å². The maximum atomic E-state index is 2.70. The molecule has 0 N–H and O–H groups in total. The summed E-state index contributed by atoms with van der Waals surface area (Å²) in [6, 6.07) is 48.5. The van der Waals surface area contributed by atoms with Crippen LogP contribution in [0.4, 0.5) is 0 Å². The summed E-state index contributed by atoms with van der Waals surface area (Å²) >= 11 is 0. The van der Waals surface area contributed by atoms with E-state index in [1.54, 1.807) is 5.56 Å². The highest BCUT2D eigenvalue weighted by atomic mass is 15.0. The van der Waals surface area contributed by atoms with Gasteiger partial charge in [0.2, 0.25) is 0 Å². The van der Waals surface area contributed by atoms with Gasteiger partial charge in [-0.3, -0.25) is 0 Å². The van der Waals surface area contributed by atoms with E-state index in [1.807, 2.05) is 0 Å². The molecule has 0 bridgehead atoms. The van der Waals surface area contributed by atoms with Crippen LogP contribution in [0, 0.1) is 13.8 Å². The van der Waals surface area contributed by atoms with Crippen molar-refractivity contribution >= 4 is 43.6 Å². The fourth-order valence-corrected chi connectivity index (χ4v) is 10.8. The Morgan fingerprint density at radius 3 is 1.70 bits per heavy atom. The Balaban J connectivity index is 1.16. The van der Waals surface area contributed by atoms with E-state index in [9.17, 15) is 0 Å². The third-order valence-electron chi connectivity index (χ3n) is 13.3. The number of rotatable bonds is 4. The Morgan fingerprint density at radius 2 is 1.07 bits per heavy atom. The van der Waals surface area contributed by atoms with Crippen LogP contribution in [0.1, 0.15) is 45.8 Å². The van der Waals surface area contributed by atoms with E-state index >= 15 is 0 Å². The lowest BCUT2D eigenvalue weighted by atomic mass is 9.74. The van der Waals surface area contributed by atoms with Crippen molar-refractivity contribution in [3.05, 3.63) is 185 Å². The molecule has 7 aromatic carbocycles. The molecule has 9 aromatic rings. The number of nitrogens with zero attached hydrogens (tertiary/aromatic N) is 2. The first-order valence-electron chi connectivity index (χ1n) is 20.4. The predicted octanol–water partition coefficient (Wildman–Crippen LogP) is 13.8. The van der Waals surface area contributed by atoms with Gasteiger partial charge in [-0.25, -0.2) is 0 Å². The second-order valence-electron chi connectivity index (χ2n) is 16.3. The number of aromatic nitrogens is 2. The third-order valence-corrected chi connectivity index (χ3v) is 13.3. The molecule has 268 valence electrons.